The molecule has 1 aromatic carbocycles. The molecule has 0 aliphatic carbocycles. The van der Waals surface area contributed by atoms with Gasteiger partial charge in [0.1, 0.15) is 0 Å². The summed E-state index contributed by atoms with van der Waals surface area (Å²) in [6.07, 6.45) is 7.28. The zero-order chi connectivity index (χ0) is 17.9. The number of hydrogen-bond acceptors (Lipinski definition) is 5. The van der Waals surface area contributed by atoms with Crippen molar-refractivity contribution in [1.82, 2.24) is 24.9 Å². The van der Waals surface area contributed by atoms with E-state index in [9.17, 15) is 4.79 Å². The first kappa shape index (κ1) is 16.7. The zero-order valence-corrected chi connectivity index (χ0v) is 15.3. The summed E-state index contributed by atoms with van der Waals surface area (Å²) in [5.41, 5.74) is 2.34. The van der Waals surface area contributed by atoms with Gasteiger partial charge in [-0.05, 0) is 30.9 Å². The maximum absolute atomic E-state index is 12.6. The summed E-state index contributed by atoms with van der Waals surface area (Å²) in [7, 11) is 0. The van der Waals surface area contributed by atoms with Crippen LogP contribution in [0.15, 0.2) is 42.9 Å². The third kappa shape index (κ3) is 3.45. The second-order valence-corrected chi connectivity index (χ2v) is 7.43. The summed E-state index contributed by atoms with van der Waals surface area (Å²) in [4.78, 5) is 19.9. The Morgan fingerprint density at radius 3 is 3.04 bits per heavy atom. The third-order valence-electron chi connectivity index (χ3n) is 4.63. The van der Waals surface area contributed by atoms with Crippen LogP contribution in [0.5, 0.6) is 0 Å². The number of carbonyl (C=O) groups excluding carboxylic acids is 1. The number of aromatic nitrogens is 4. The van der Waals surface area contributed by atoms with E-state index in [1.54, 1.807) is 6.20 Å². The van der Waals surface area contributed by atoms with Crippen LogP contribution in [-0.4, -0.2) is 44.0 Å². The molecule has 3 heterocycles. The predicted molar refractivity (Wildman–Crippen MR) is 101 cm³/mol. The Kier molecular flexibility index (Phi) is 4.66. The van der Waals surface area contributed by atoms with Crippen LogP contribution < -0.4 is 5.32 Å². The molecule has 0 radical (unpaired) electrons. The summed E-state index contributed by atoms with van der Waals surface area (Å²) >= 11 is 1.49. The van der Waals surface area contributed by atoms with Crippen LogP contribution in [0.3, 0.4) is 0 Å². The van der Waals surface area contributed by atoms with Crippen LogP contribution in [0.25, 0.3) is 10.4 Å². The molecule has 0 bridgehead atoms. The molecule has 1 aliphatic heterocycles. The Morgan fingerprint density at radius 1 is 1.35 bits per heavy atom. The fourth-order valence-corrected chi connectivity index (χ4v) is 4.14. The lowest BCUT2D eigenvalue weighted by molar-refractivity contribution is 0.174. The van der Waals surface area contributed by atoms with Gasteiger partial charge in [-0.15, -0.1) is 5.10 Å². The van der Waals surface area contributed by atoms with E-state index in [1.165, 1.54) is 16.9 Å². The van der Waals surface area contributed by atoms with Gasteiger partial charge < -0.3 is 4.90 Å². The van der Waals surface area contributed by atoms with E-state index in [2.05, 4.69) is 39.7 Å². The largest absolute Gasteiger partial charge is 0.323 e. The molecule has 1 atom stereocenters. The number of urea groups is 1. The fraction of sp³-hybridized carbons (Fsp3) is 0.333. The van der Waals surface area contributed by atoms with Gasteiger partial charge in [-0.25, -0.2) is 14.5 Å². The molecule has 1 fully saturated rings. The number of carbonyl (C=O) groups is 1. The number of rotatable bonds is 3. The molecular weight excluding hydrogens is 348 g/mol. The van der Waals surface area contributed by atoms with Gasteiger partial charge in [0.25, 0.3) is 0 Å². The highest BCUT2D eigenvalue weighted by molar-refractivity contribution is 7.19. The number of benzene rings is 1. The monoisotopic (exact) mass is 368 g/mol. The Bertz CT molecular complexity index is 891. The first-order valence-electron chi connectivity index (χ1n) is 8.64. The van der Waals surface area contributed by atoms with E-state index in [-0.39, 0.29) is 12.1 Å². The average Bonchev–Trinajstić information content (AvgIpc) is 3.34. The highest BCUT2D eigenvalue weighted by atomic mass is 32.1. The Balaban J connectivity index is 1.43. The van der Waals surface area contributed by atoms with E-state index in [1.807, 2.05) is 34.1 Å². The van der Waals surface area contributed by atoms with Gasteiger partial charge in [0.05, 0.1) is 17.1 Å². The van der Waals surface area contributed by atoms with Crippen LogP contribution >= 0.6 is 11.3 Å². The van der Waals surface area contributed by atoms with Gasteiger partial charge >= 0.3 is 6.03 Å². The minimum absolute atomic E-state index is 0.111. The number of nitrogens with zero attached hydrogens (tertiary/aromatic N) is 5. The molecular formula is C18H20N6OS. The Hall–Kier alpha value is -2.74. The lowest BCUT2D eigenvalue weighted by Crippen LogP contribution is -2.43. The second kappa shape index (κ2) is 7.25. The fourth-order valence-electron chi connectivity index (χ4n) is 3.24. The molecule has 134 valence electrons. The van der Waals surface area contributed by atoms with E-state index in [4.69, 9.17) is 0 Å². The molecule has 3 aromatic rings. The van der Waals surface area contributed by atoms with Crippen molar-refractivity contribution >= 4 is 22.5 Å². The second-order valence-electron chi connectivity index (χ2n) is 6.40. The van der Waals surface area contributed by atoms with E-state index < -0.39 is 0 Å². The predicted octanol–water partition coefficient (Wildman–Crippen LogP) is 3.58. The molecule has 1 unspecified atom stereocenters. The zero-order valence-electron chi connectivity index (χ0n) is 14.5. The summed E-state index contributed by atoms with van der Waals surface area (Å²) in [6.45, 7) is 3.45. The Morgan fingerprint density at radius 2 is 2.23 bits per heavy atom. The average molecular weight is 368 g/mol. The maximum atomic E-state index is 12.6. The van der Waals surface area contributed by atoms with Gasteiger partial charge in [0, 0.05) is 25.5 Å². The van der Waals surface area contributed by atoms with Crippen LogP contribution in [0.1, 0.15) is 24.4 Å². The van der Waals surface area contributed by atoms with E-state index >= 15 is 0 Å². The maximum Gasteiger partial charge on any atom is 0.323 e. The van der Waals surface area contributed by atoms with Gasteiger partial charge in [-0.1, -0.05) is 40.8 Å². The van der Waals surface area contributed by atoms with Crippen molar-refractivity contribution < 1.29 is 4.79 Å². The summed E-state index contributed by atoms with van der Waals surface area (Å²) in [5.74, 6) is 0. The normalized spacial score (nSPS) is 17.3. The summed E-state index contributed by atoms with van der Waals surface area (Å²) < 4.78 is 1.83. The Labute approximate surface area is 155 Å². The lowest BCUT2D eigenvalue weighted by atomic mass is 10.1. The van der Waals surface area contributed by atoms with E-state index in [0.29, 0.717) is 11.7 Å². The molecule has 0 spiro atoms. The number of anilines is 1. The number of amides is 2. The minimum atomic E-state index is -0.111. The number of thiazole rings is 1. The van der Waals surface area contributed by atoms with Crippen molar-refractivity contribution in [2.24, 2.45) is 0 Å². The number of likely N-dealkylation sites (tertiary alicyclic amines) is 1. The van der Waals surface area contributed by atoms with Crippen LogP contribution in [0, 0.1) is 6.92 Å². The van der Waals surface area contributed by atoms with Crippen molar-refractivity contribution in [1.29, 1.82) is 0 Å². The number of hydrogen-bond donors (Lipinski definition) is 1. The first-order valence-corrected chi connectivity index (χ1v) is 9.46. The first-order chi connectivity index (χ1) is 12.7. The molecule has 0 saturated carbocycles. The summed E-state index contributed by atoms with van der Waals surface area (Å²) in [6, 6.07) is 8.24. The molecule has 1 aliphatic rings. The van der Waals surface area contributed by atoms with Crippen molar-refractivity contribution in [3.8, 4) is 10.4 Å². The molecule has 1 saturated heterocycles. The van der Waals surface area contributed by atoms with Crippen LogP contribution in [-0.2, 0) is 0 Å². The lowest BCUT2D eigenvalue weighted by Gasteiger charge is -2.32. The number of piperidine rings is 1. The molecule has 2 aromatic heterocycles. The molecule has 7 nitrogen and oxygen atoms in total. The highest BCUT2D eigenvalue weighted by Gasteiger charge is 2.25. The SMILES string of the molecule is Cc1ccccc1-c1cnc(NC(=O)N2CCCC(n3ccnn3)C2)s1. The molecule has 1 N–H and O–H groups in total. The summed E-state index contributed by atoms with van der Waals surface area (Å²) in [5, 5.41) is 11.5. The highest BCUT2D eigenvalue weighted by Crippen LogP contribution is 2.31. The topological polar surface area (TPSA) is 75.9 Å². The standard InChI is InChI=1S/C18H20N6OS/c1-13-5-2-3-7-15(13)16-11-19-17(26-16)21-18(25)23-9-4-6-14(12-23)24-10-8-20-22-24/h2-3,5,7-8,10-11,14H,4,6,9,12H2,1H3,(H,19,21,25). The quantitative estimate of drug-likeness (QED) is 0.767. The van der Waals surface area contributed by atoms with Crippen molar-refractivity contribution in [2.75, 3.05) is 18.4 Å². The molecule has 8 heteroatoms. The number of nitrogens with one attached hydrogen (secondary N) is 1. The van der Waals surface area contributed by atoms with Crippen molar-refractivity contribution in [3.63, 3.8) is 0 Å². The smallest absolute Gasteiger partial charge is 0.322 e. The van der Waals surface area contributed by atoms with E-state index in [0.717, 1.165) is 29.8 Å². The van der Waals surface area contributed by atoms with Gasteiger partial charge in [0.2, 0.25) is 0 Å². The molecule has 2 amide bonds. The van der Waals surface area contributed by atoms with Gasteiger partial charge in [-0.2, -0.15) is 0 Å². The third-order valence-corrected chi connectivity index (χ3v) is 5.57. The van der Waals surface area contributed by atoms with Crippen molar-refractivity contribution in [2.45, 2.75) is 25.8 Å². The van der Waals surface area contributed by atoms with Crippen LogP contribution in [0.2, 0.25) is 0 Å². The van der Waals surface area contributed by atoms with Gasteiger partial charge in [-0.3, -0.25) is 5.32 Å². The molecule has 4 rings (SSSR count). The van der Waals surface area contributed by atoms with Gasteiger partial charge in [0.15, 0.2) is 5.13 Å². The molecule has 26 heavy (non-hydrogen) atoms. The van der Waals surface area contributed by atoms with Crippen molar-refractivity contribution in [3.05, 3.63) is 48.4 Å². The minimum Gasteiger partial charge on any atom is -0.322 e. The van der Waals surface area contributed by atoms with Crippen LogP contribution in [0.4, 0.5) is 9.93 Å². The number of aryl methyl sites for hydroxylation is 1.